The summed E-state index contributed by atoms with van der Waals surface area (Å²) >= 11 is 9.91. The molecule has 3 aromatic rings. The lowest BCUT2D eigenvalue weighted by Gasteiger charge is -2.05. The molecule has 2 aromatic heterocycles. The standard InChI is InChI=1S/C19H19ClN2OS2/c20-17-16-14-9-6-10-15(14)25-18(16)22-19(21-17)24-12-5-4-11-23-13-7-2-1-3-8-13/h1-3,7-8H,4-6,9-12H2. The first kappa shape index (κ1) is 17.1. The third-order valence-electron chi connectivity index (χ3n) is 4.28. The van der Waals surface area contributed by atoms with E-state index in [1.807, 2.05) is 30.3 Å². The van der Waals surface area contributed by atoms with Gasteiger partial charge in [0.1, 0.15) is 15.7 Å². The number of hydrogen-bond acceptors (Lipinski definition) is 5. The maximum atomic E-state index is 6.44. The lowest BCUT2D eigenvalue weighted by molar-refractivity contribution is 0.310. The maximum Gasteiger partial charge on any atom is 0.190 e. The molecule has 3 nitrogen and oxygen atoms in total. The summed E-state index contributed by atoms with van der Waals surface area (Å²) in [5, 5.41) is 2.51. The number of benzene rings is 1. The minimum absolute atomic E-state index is 0.624. The van der Waals surface area contributed by atoms with E-state index in [2.05, 4.69) is 4.98 Å². The van der Waals surface area contributed by atoms with Gasteiger partial charge in [0.15, 0.2) is 5.16 Å². The van der Waals surface area contributed by atoms with Crippen LogP contribution in [0.15, 0.2) is 35.5 Å². The fourth-order valence-corrected chi connectivity index (χ4v) is 5.62. The Morgan fingerprint density at radius 2 is 2.00 bits per heavy atom. The van der Waals surface area contributed by atoms with Crippen LogP contribution in [0.5, 0.6) is 5.75 Å². The van der Waals surface area contributed by atoms with Gasteiger partial charge in [-0.1, -0.05) is 41.6 Å². The molecule has 0 amide bonds. The van der Waals surface area contributed by atoms with Crippen molar-refractivity contribution < 1.29 is 4.74 Å². The number of nitrogens with zero attached hydrogens (tertiary/aromatic N) is 2. The van der Waals surface area contributed by atoms with Gasteiger partial charge in [0.25, 0.3) is 0 Å². The molecule has 0 N–H and O–H groups in total. The van der Waals surface area contributed by atoms with Crippen LogP contribution in [0.4, 0.5) is 0 Å². The fourth-order valence-electron chi connectivity index (χ4n) is 3.07. The summed E-state index contributed by atoms with van der Waals surface area (Å²) in [6, 6.07) is 9.94. The molecule has 1 aliphatic rings. The van der Waals surface area contributed by atoms with E-state index in [1.54, 1.807) is 23.1 Å². The van der Waals surface area contributed by atoms with Gasteiger partial charge < -0.3 is 4.74 Å². The van der Waals surface area contributed by atoms with Gasteiger partial charge in [0.2, 0.25) is 0 Å². The van der Waals surface area contributed by atoms with Crippen LogP contribution in [-0.4, -0.2) is 22.3 Å². The summed E-state index contributed by atoms with van der Waals surface area (Å²) in [6.45, 7) is 0.739. The minimum Gasteiger partial charge on any atom is -0.494 e. The van der Waals surface area contributed by atoms with E-state index < -0.39 is 0 Å². The van der Waals surface area contributed by atoms with Gasteiger partial charge in [0.05, 0.1) is 12.0 Å². The summed E-state index contributed by atoms with van der Waals surface area (Å²) in [7, 11) is 0. The van der Waals surface area contributed by atoms with Crippen LogP contribution >= 0.6 is 34.7 Å². The van der Waals surface area contributed by atoms with E-state index in [4.69, 9.17) is 21.3 Å². The first-order valence-corrected chi connectivity index (χ1v) is 10.8. The van der Waals surface area contributed by atoms with Crippen molar-refractivity contribution in [3.63, 3.8) is 0 Å². The van der Waals surface area contributed by atoms with E-state index in [0.717, 1.165) is 59.2 Å². The number of para-hydroxylation sites is 1. The quantitative estimate of drug-likeness (QED) is 0.221. The predicted octanol–water partition coefficient (Wildman–Crippen LogP) is 5.78. The summed E-state index contributed by atoms with van der Waals surface area (Å²) in [4.78, 5) is 11.7. The van der Waals surface area contributed by atoms with Crippen molar-refractivity contribution in [1.29, 1.82) is 0 Å². The van der Waals surface area contributed by atoms with Crippen molar-refractivity contribution in [3.8, 4) is 5.75 Å². The number of ether oxygens (including phenoxy) is 1. The molecule has 0 unspecified atom stereocenters. The highest BCUT2D eigenvalue weighted by Crippen LogP contribution is 2.40. The number of halogens is 1. The Morgan fingerprint density at radius 3 is 2.88 bits per heavy atom. The monoisotopic (exact) mass is 390 g/mol. The second-order valence-corrected chi connectivity index (χ2v) is 8.56. The van der Waals surface area contributed by atoms with E-state index in [-0.39, 0.29) is 0 Å². The van der Waals surface area contributed by atoms with E-state index in [0.29, 0.717) is 5.15 Å². The molecule has 0 atom stereocenters. The lowest BCUT2D eigenvalue weighted by atomic mass is 10.2. The summed E-state index contributed by atoms with van der Waals surface area (Å²) in [5.41, 5.74) is 1.39. The molecule has 4 rings (SSSR count). The molecule has 0 spiro atoms. The Hall–Kier alpha value is -1.30. The van der Waals surface area contributed by atoms with Crippen LogP contribution in [0.25, 0.3) is 10.2 Å². The Kier molecular flexibility index (Phi) is 5.44. The van der Waals surface area contributed by atoms with Gasteiger partial charge in [-0.25, -0.2) is 9.97 Å². The molecular formula is C19H19ClN2OS2. The number of thiophene rings is 1. The van der Waals surface area contributed by atoms with Crippen molar-refractivity contribution in [1.82, 2.24) is 9.97 Å². The van der Waals surface area contributed by atoms with Crippen LogP contribution in [0.3, 0.4) is 0 Å². The van der Waals surface area contributed by atoms with Gasteiger partial charge in [-0.3, -0.25) is 0 Å². The molecule has 0 saturated carbocycles. The number of hydrogen-bond donors (Lipinski definition) is 0. The van der Waals surface area contributed by atoms with Crippen molar-refractivity contribution in [2.75, 3.05) is 12.4 Å². The van der Waals surface area contributed by atoms with Crippen LogP contribution in [0, 0.1) is 0 Å². The van der Waals surface area contributed by atoms with Crippen molar-refractivity contribution in [2.24, 2.45) is 0 Å². The number of fused-ring (bicyclic) bond motifs is 3. The molecule has 0 saturated heterocycles. The number of aromatic nitrogens is 2. The summed E-state index contributed by atoms with van der Waals surface area (Å²) in [6.07, 6.45) is 5.60. The van der Waals surface area contributed by atoms with Crippen LogP contribution in [-0.2, 0) is 12.8 Å². The van der Waals surface area contributed by atoms with Crippen molar-refractivity contribution >= 4 is 44.9 Å². The molecule has 130 valence electrons. The fraction of sp³-hybridized carbons (Fsp3) is 0.368. The second-order valence-electron chi connectivity index (χ2n) is 6.05. The highest BCUT2D eigenvalue weighted by molar-refractivity contribution is 7.99. The third-order valence-corrected chi connectivity index (χ3v) is 6.67. The number of thioether (sulfide) groups is 1. The topological polar surface area (TPSA) is 35.0 Å². The predicted molar refractivity (Wildman–Crippen MR) is 106 cm³/mol. The molecule has 6 heteroatoms. The molecule has 25 heavy (non-hydrogen) atoms. The molecule has 0 radical (unpaired) electrons. The number of aryl methyl sites for hydroxylation is 2. The molecule has 0 fully saturated rings. The van der Waals surface area contributed by atoms with Crippen LogP contribution < -0.4 is 4.74 Å². The van der Waals surface area contributed by atoms with Gasteiger partial charge in [-0.15, -0.1) is 11.3 Å². The SMILES string of the molecule is Clc1nc(SCCCCOc2ccccc2)nc2sc3c(c12)CCC3. The van der Waals surface area contributed by atoms with Gasteiger partial charge >= 0.3 is 0 Å². The normalized spacial score (nSPS) is 13.3. The van der Waals surface area contributed by atoms with Crippen molar-refractivity contribution in [2.45, 2.75) is 37.3 Å². The first-order valence-electron chi connectivity index (χ1n) is 8.60. The Labute approximate surface area is 160 Å². The maximum absolute atomic E-state index is 6.44. The van der Waals surface area contributed by atoms with Crippen LogP contribution in [0.1, 0.15) is 29.7 Å². The molecule has 1 aromatic carbocycles. The first-order chi connectivity index (χ1) is 12.3. The highest BCUT2D eigenvalue weighted by Gasteiger charge is 2.21. The largest absolute Gasteiger partial charge is 0.494 e. The second kappa shape index (κ2) is 7.94. The van der Waals surface area contributed by atoms with E-state index in [9.17, 15) is 0 Å². The lowest BCUT2D eigenvalue weighted by Crippen LogP contribution is -1.98. The molecule has 0 aliphatic heterocycles. The molecular weight excluding hydrogens is 372 g/mol. The third kappa shape index (κ3) is 3.94. The van der Waals surface area contributed by atoms with Crippen LogP contribution in [0.2, 0.25) is 5.15 Å². The smallest absolute Gasteiger partial charge is 0.190 e. The Bertz CT molecular complexity index is 867. The Morgan fingerprint density at radius 1 is 1.12 bits per heavy atom. The number of unbranched alkanes of at least 4 members (excludes halogenated alkanes) is 1. The zero-order valence-electron chi connectivity index (χ0n) is 13.8. The van der Waals surface area contributed by atoms with Gasteiger partial charge in [-0.2, -0.15) is 0 Å². The van der Waals surface area contributed by atoms with Gasteiger partial charge in [-0.05, 0) is 49.8 Å². The summed E-state index contributed by atoms with van der Waals surface area (Å²) in [5.74, 6) is 1.91. The Balaban J connectivity index is 1.28. The zero-order chi connectivity index (χ0) is 17.1. The minimum atomic E-state index is 0.624. The van der Waals surface area contributed by atoms with E-state index in [1.165, 1.54) is 16.9 Å². The van der Waals surface area contributed by atoms with E-state index >= 15 is 0 Å². The zero-order valence-corrected chi connectivity index (χ0v) is 16.2. The molecule has 1 aliphatic carbocycles. The molecule has 0 bridgehead atoms. The average Bonchev–Trinajstić information content (AvgIpc) is 3.19. The number of rotatable bonds is 7. The highest BCUT2D eigenvalue weighted by atomic mass is 35.5. The summed E-state index contributed by atoms with van der Waals surface area (Å²) < 4.78 is 5.71. The van der Waals surface area contributed by atoms with Gasteiger partial charge in [0, 0.05) is 10.6 Å². The van der Waals surface area contributed by atoms with Crippen molar-refractivity contribution in [3.05, 3.63) is 45.9 Å². The molecule has 2 heterocycles. The average molecular weight is 391 g/mol.